The summed E-state index contributed by atoms with van der Waals surface area (Å²) in [5.41, 5.74) is 0.593. The monoisotopic (exact) mass is 294 g/mol. The number of hydrogen-bond acceptors (Lipinski definition) is 3. The topological polar surface area (TPSA) is 88.4 Å². The molecule has 0 fully saturated rings. The van der Waals surface area contributed by atoms with Gasteiger partial charge < -0.3 is 15.0 Å². The second-order valence-corrected chi connectivity index (χ2v) is 4.99. The third kappa shape index (κ3) is 6.74. The molecule has 0 spiro atoms. The third-order valence-electron chi connectivity index (χ3n) is 3.18. The van der Waals surface area contributed by atoms with Crippen LogP contribution in [0.5, 0.6) is 0 Å². The number of carbonyl (C=O) groups is 2. The Hall–Kier alpha value is -2.11. The molecule has 0 aliphatic carbocycles. The molecule has 0 saturated heterocycles. The van der Waals surface area contributed by atoms with Crippen LogP contribution in [0.4, 0.5) is 0 Å². The lowest BCUT2D eigenvalue weighted by atomic mass is 10.2. The van der Waals surface area contributed by atoms with Crippen LogP contribution in [0.1, 0.15) is 37.7 Å². The van der Waals surface area contributed by atoms with Crippen LogP contribution in [0.2, 0.25) is 0 Å². The zero-order chi connectivity index (χ0) is 15.7. The quantitative estimate of drug-likeness (QED) is 0.672. The molecule has 0 saturated carbocycles. The van der Waals surface area contributed by atoms with Gasteiger partial charge in [-0.3, -0.25) is 14.4 Å². The van der Waals surface area contributed by atoms with Crippen LogP contribution in [-0.2, 0) is 16.1 Å². The molecule has 2 N–H and O–H groups in total. The van der Waals surface area contributed by atoms with Crippen LogP contribution in [0.25, 0.3) is 0 Å². The van der Waals surface area contributed by atoms with Crippen molar-refractivity contribution in [2.45, 2.75) is 45.6 Å². The number of aliphatic carboxylic acids is 1. The number of hydrogen-bond donors (Lipinski definition) is 2. The molecule has 6 nitrogen and oxygen atoms in total. The average molecular weight is 294 g/mol. The molecule has 1 heterocycles. The molecule has 1 aromatic rings. The van der Waals surface area contributed by atoms with Gasteiger partial charge in [0.2, 0.25) is 5.91 Å². The SMILES string of the molecule is Cc1cccn(CCC(=O)NCCCCCC(=O)O)c1=O. The first-order chi connectivity index (χ1) is 10.0. The molecule has 0 atom stereocenters. The molecule has 0 aromatic carbocycles. The number of carboxylic acid groups (broad SMARTS) is 1. The van der Waals surface area contributed by atoms with Crippen molar-refractivity contribution in [2.24, 2.45) is 0 Å². The number of aromatic nitrogens is 1. The minimum Gasteiger partial charge on any atom is -0.481 e. The summed E-state index contributed by atoms with van der Waals surface area (Å²) in [7, 11) is 0. The summed E-state index contributed by atoms with van der Waals surface area (Å²) < 4.78 is 1.53. The lowest BCUT2D eigenvalue weighted by Gasteiger charge is -2.07. The summed E-state index contributed by atoms with van der Waals surface area (Å²) in [4.78, 5) is 33.7. The molecule has 0 unspecified atom stereocenters. The van der Waals surface area contributed by atoms with E-state index < -0.39 is 5.97 Å². The lowest BCUT2D eigenvalue weighted by molar-refractivity contribution is -0.137. The van der Waals surface area contributed by atoms with Crippen molar-refractivity contribution in [3.05, 3.63) is 34.2 Å². The molecule has 1 rings (SSSR count). The van der Waals surface area contributed by atoms with Gasteiger partial charge in [0.25, 0.3) is 5.56 Å². The predicted octanol–water partition coefficient (Wildman–Crippen LogP) is 1.31. The molecule has 0 aliphatic rings. The minimum atomic E-state index is -0.789. The average Bonchev–Trinajstić information content (AvgIpc) is 2.44. The Morgan fingerprint density at radius 1 is 1.24 bits per heavy atom. The van der Waals surface area contributed by atoms with E-state index in [1.165, 1.54) is 4.57 Å². The standard InChI is InChI=1S/C15H22N2O4/c1-12-6-5-10-17(15(12)21)11-8-13(18)16-9-4-2-3-7-14(19)20/h5-6,10H,2-4,7-9,11H2,1H3,(H,16,18)(H,19,20). The van der Waals surface area contributed by atoms with Gasteiger partial charge in [-0.1, -0.05) is 12.5 Å². The van der Waals surface area contributed by atoms with Gasteiger partial charge in [-0.05, 0) is 25.8 Å². The number of pyridine rings is 1. The van der Waals surface area contributed by atoms with Gasteiger partial charge in [0.1, 0.15) is 0 Å². The minimum absolute atomic E-state index is 0.0704. The second kappa shape index (κ2) is 8.94. The highest BCUT2D eigenvalue weighted by atomic mass is 16.4. The molecule has 6 heteroatoms. The van der Waals surface area contributed by atoms with Crippen molar-refractivity contribution in [3.8, 4) is 0 Å². The van der Waals surface area contributed by atoms with Crippen LogP contribution >= 0.6 is 0 Å². The first kappa shape index (κ1) is 16.9. The molecule has 0 aliphatic heterocycles. The highest BCUT2D eigenvalue weighted by Crippen LogP contribution is 1.99. The van der Waals surface area contributed by atoms with Gasteiger partial charge in [0.15, 0.2) is 0 Å². The normalized spacial score (nSPS) is 10.3. The zero-order valence-electron chi connectivity index (χ0n) is 12.3. The van der Waals surface area contributed by atoms with E-state index in [1.807, 2.05) is 0 Å². The smallest absolute Gasteiger partial charge is 0.303 e. The molecule has 0 bridgehead atoms. The lowest BCUT2D eigenvalue weighted by Crippen LogP contribution is -2.28. The van der Waals surface area contributed by atoms with Crippen LogP contribution < -0.4 is 10.9 Å². The highest BCUT2D eigenvalue weighted by Gasteiger charge is 2.04. The maximum absolute atomic E-state index is 11.8. The second-order valence-electron chi connectivity index (χ2n) is 4.99. The highest BCUT2D eigenvalue weighted by molar-refractivity contribution is 5.75. The first-order valence-corrected chi connectivity index (χ1v) is 7.15. The van der Waals surface area contributed by atoms with Crippen molar-refractivity contribution in [1.82, 2.24) is 9.88 Å². The van der Waals surface area contributed by atoms with E-state index in [1.54, 1.807) is 25.3 Å². The Labute approximate surface area is 123 Å². The maximum Gasteiger partial charge on any atom is 0.303 e. The van der Waals surface area contributed by atoms with Crippen molar-refractivity contribution >= 4 is 11.9 Å². The van der Waals surface area contributed by atoms with E-state index in [-0.39, 0.29) is 24.3 Å². The van der Waals surface area contributed by atoms with Gasteiger partial charge >= 0.3 is 5.97 Å². The van der Waals surface area contributed by atoms with Crippen molar-refractivity contribution in [3.63, 3.8) is 0 Å². The Morgan fingerprint density at radius 3 is 2.71 bits per heavy atom. The van der Waals surface area contributed by atoms with E-state index in [4.69, 9.17) is 5.11 Å². The summed E-state index contributed by atoms with van der Waals surface area (Å²) in [5, 5.41) is 11.3. The Balaban J connectivity index is 2.18. The first-order valence-electron chi connectivity index (χ1n) is 7.15. The number of carboxylic acids is 1. The number of nitrogens with zero attached hydrogens (tertiary/aromatic N) is 1. The molecule has 21 heavy (non-hydrogen) atoms. The molecule has 0 radical (unpaired) electrons. The van der Waals surface area contributed by atoms with E-state index in [0.29, 0.717) is 25.1 Å². The summed E-state index contributed by atoms with van der Waals surface area (Å²) in [5.74, 6) is -0.885. The molecule has 116 valence electrons. The Kier molecular flexibility index (Phi) is 7.21. The van der Waals surface area contributed by atoms with Gasteiger partial charge in [0, 0.05) is 37.7 Å². The number of aryl methyl sites for hydroxylation is 2. The van der Waals surface area contributed by atoms with Crippen molar-refractivity contribution in [1.29, 1.82) is 0 Å². The third-order valence-corrected chi connectivity index (χ3v) is 3.18. The van der Waals surface area contributed by atoms with Crippen LogP contribution in [0, 0.1) is 6.92 Å². The fourth-order valence-corrected chi connectivity index (χ4v) is 1.95. The van der Waals surface area contributed by atoms with E-state index in [0.717, 1.165) is 12.8 Å². The van der Waals surface area contributed by atoms with E-state index in [2.05, 4.69) is 5.32 Å². The predicted molar refractivity (Wildman–Crippen MR) is 79.2 cm³/mol. The van der Waals surface area contributed by atoms with E-state index >= 15 is 0 Å². The summed E-state index contributed by atoms with van der Waals surface area (Å²) in [6.07, 6.45) is 4.29. The summed E-state index contributed by atoms with van der Waals surface area (Å²) in [6, 6.07) is 3.53. The van der Waals surface area contributed by atoms with Crippen LogP contribution in [0.3, 0.4) is 0 Å². The van der Waals surface area contributed by atoms with Gasteiger partial charge in [0.05, 0.1) is 0 Å². The summed E-state index contributed by atoms with van der Waals surface area (Å²) >= 11 is 0. The number of amides is 1. The molecule has 1 aromatic heterocycles. The molecule has 1 amide bonds. The molecular weight excluding hydrogens is 272 g/mol. The fraction of sp³-hybridized carbons (Fsp3) is 0.533. The van der Waals surface area contributed by atoms with Crippen LogP contribution in [-0.4, -0.2) is 28.1 Å². The zero-order valence-corrected chi connectivity index (χ0v) is 12.3. The number of nitrogens with one attached hydrogen (secondary N) is 1. The number of rotatable bonds is 9. The summed E-state index contributed by atoms with van der Waals surface area (Å²) in [6.45, 7) is 2.66. The molecular formula is C15H22N2O4. The maximum atomic E-state index is 11.8. The van der Waals surface area contributed by atoms with E-state index in [9.17, 15) is 14.4 Å². The van der Waals surface area contributed by atoms with Crippen molar-refractivity contribution < 1.29 is 14.7 Å². The Morgan fingerprint density at radius 2 is 2.00 bits per heavy atom. The van der Waals surface area contributed by atoms with Crippen LogP contribution in [0.15, 0.2) is 23.1 Å². The van der Waals surface area contributed by atoms with Gasteiger partial charge in [-0.25, -0.2) is 0 Å². The van der Waals surface area contributed by atoms with Crippen molar-refractivity contribution in [2.75, 3.05) is 6.54 Å². The largest absolute Gasteiger partial charge is 0.481 e. The Bertz CT molecular complexity index is 537. The number of unbranched alkanes of at least 4 members (excludes halogenated alkanes) is 2. The van der Waals surface area contributed by atoms with Gasteiger partial charge in [-0.15, -0.1) is 0 Å². The fourth-order valence-electron chi connectivity index (χ4n) is 1.95. The van der Waals surface area contributed by atoms with Gasteiger partial charge in [-0.2, -0.15) is 0 Å². The number of carbonyl (C=O) groups excluding carboxylic acids is 1.